The summed E-state index contributed by atoms with van der Waals surface area (Å²) in [5, 5.41) is 5.86. The number of rotatable bonds is 7. The Balaban J connectivity index is 3.11. The van der Waals surface area contributed by atoms with Crippen LogP contribution >= 0.6 is 0 Å². The fourth-order valence-corrected chi connectivity index (χ4v) is 2.06. The third-order valence-electron chi connectivity index (χ3n) is 3.26. The molecule has 0 saturated heterocycles. The number of anilines is 1. The van der Waals surface area contributed by atoms with Gasteiger partial charge in [-0.2, -0.15) is 5.10 Å². The van der Waals surface area contributed by atoms with Crippen LogP contribution < -0.4 is 5.01 Å². The number of benzene rings is 1. The molecule has 0 unspecified atom stereocenters. The van der Waals surface area contributed by atoms with Gasteiger partial charge in [-0.15, -0.1) is 0 Å². The topological polar surface area (TPSA) is 15.6 Å². The second-order valence-corrected chi connectivity index (χ2v) is 5.41. The van der Waals surface area contributed by atoms with Crippen LogP contribution in [0.5, 0.6) is 0 Å². The van der Waals surface area contributed by atoms with Gasteiger partial charge in [-0.25, -0.2) is 9.40 Å². The van der Waals surface area contributed by atoms with Gasteiger partial charge in [-0.1, -0.05) is 24.5 Å². The summed E-state index contributed by atoms with van der Waals surface area (Å²) in [5.41, 5.74) is 4.25. The van der Waals surface area contributed by atoms with Gasteiger partial charge in [0.2, 0.25) is 0 Å². The first-order chi connectivity index (χ1) is 9.99. The molecule has 0 N–H and O–H groups in total. The number of nitrogens with zero attached hydrogens (tertiary/aromatic N) is 2. The Morgan fingerprint density at radius 2 is 1.86 bits per heavy atom. The van der Waals surface area contributed by atoms with Crippen molar-refractivity contribution in [3.63, 3.8) is 0 Å². The van der Waals surface area contributed by atoms with E-state index in [1.807, 2.05) is 13.8 Å². The lowest BCUT2D eigenvalue weighted by atomic mass is 10.1. The summed E-state index contributed by atoms with van der Waals surface area (Å²) in [6.45, 7) is 12.1. The minimum atomic E-state index is -0.254. The number of allylic oxidation sites excluding steroid dienone is 3. The molecule has 1 aromatic rings. The van der Waals surface area contributed by atoms with Crippen molar-refractivity contribution in [3.05, 3.63) is 53.0 Å². The van der Waals surface area contributed by atoms with Gasteiger partial charge in [-0.3, -0.25) is 0 Å². The van der Waals surface area contributed by atoms with Gasteiger partial charge in [0.25, 0.3) is 0 Å². The Kier molecular flexibility index (Phi) is 6.86. The highest BCUT2D eigenvalue weighted by atomic mass is 19.1. The second kappa shape index (κ2) is 8.40. The number of halogens is 1. The molecule has 3 heteroatoms. The molecule has 0 amide bonds. The van der Waals surface area contributed by atoms with Crippen molar-refractivity contribution in [2.24, 2.45) is 5.10 Å². The maximum Gasteiger partial charge on any atom is 0.123 e. The molecule has 0 radical (unpaired) electrons. The number of hydrogen-bond donors (Lipinski definition) is 0. The molecule has 114 valence electrons. The monoisotopic (exact) mass is 288 g/mol. The minimum Gasteiger partial charge on any atom is -0.234 e. The lowest BCUT2D eigenvalue weighted by Gasteiger charge is -2.22. The molecule has 0 aromatic heterocycles. The second-order valence-electron chi connectivity index (χ2n) is 5.41. The van der Waals surface area contributed by atoms with Crippen molar-refractivity contribution in [3.8, 4) is 0 Å². The van der Waals surface area contributed by atoms with Gasteiger partial charge in [-0.05, 0) is 64.0 Å². The van der Waals surface area contributed by atoms with E-state index in [0.29, 0.717) is 0 Å². The van der Waals surface area contributed by atoms with Crippen LogP contribution in [0.2, 0.25) is 0 Å². The van der Waals surface area contributed by atoms with Crippen LogP contribution in [0.25, 0.3) is 0 Å². The van der Waals surface area contributed by atoms with Gasteiger partial charge in [0.05, 0.1) is 11.4 Å². The van der Waals surface area contributed by atoms with Crippen LogP contribution in [-0.2, 0) is 0 Å². The molecule has 0 heterocycles. The van der Waals surface area contributed by atoms with Gasteiger partial charge >= 0.3 is 0 Å². The van der Waals surface area contributed by atoms with Crippen LogP contribution in [0, 0.1) is 5.82 Å². The zero-order chi connectivity index (χ0) is 15.8. The fraction of sp³-hybridized carbons (Fsp3) is 0.389. The van der Waals surface area contributed by atoms with Crippen LogP contribution in [0.1, 0.15) is 47.0 Å². The molecule has 1 aromatic carbocycles. The number of hydrazone groups is 1. The fourth-order valence-electron chi connectivity index (χ4n) is 2.06. The maximum absolute atomic E-state index is 13.1. The van der Waals surface area contributed by atoms with Crippen molar-refractivity contribution in [2.45, 2.75) is 47.0 Å². The Hall–Kier alpha value is -1.90. The largest absolute Gasteiger partial charge is 0.234 e. The summed E-state index contributed by atoms with van der Waals surface area (Å²) >= 11 is 0. The van der Waals surface area contributed by atoms with Crippen LogP contribution in [0.3, 0.4) is 0 Å². The van der Waals surface area contributed by atoms with E-state index in [0.717, 1.165) is 23.4 Å². The van der Waals surface area contributed by atoms with Gasteiger partial charge in [0.1, 0.15) is 5.82 Å². The Morgan fingerprint density at radius 1 is 1.24 bits per heavy atom. The van der Waals surface area contributed by atoms with Crippen LogP contribution in [0.15, 0.2) is 52.3 Å². The van der Waals surface area contributed by atoms with E-state index in [4.69, 9.17) is 0 Å². The van der Waals surface area contributed by atoms with Crippen molar-refractivity contribution < 1.29 is 4.39 Å². The van der Waals surface area contributed by atoms with E-state index in [2.05, 4.69) is 31.7 Å². The van der Waals surface area contributed by atoms with E-state index in [1.165, 1.54) is 30.5 Å². The third-order valence-corrected chi connectivity index (χ3v) is 3.26. The lowest BCUT2D eigenvalue weighted by molar-refractivity contribution is 0.627. The smallest absolute Gasteiger partial charge is 0.123 e. The van der Waals surface area contributed by atoms with Gasteiger partial charge < -0.3 is 0 Å². The van der Waals surface area contributed by atoms with Gasteiger partial charge in [0.15, 0.2) is 0 Å². The minimum absolute atomic E-state index is 0.254. The highest BCUT2D eigenvalue weighted by Crippen LogP contribution is 2.24. The van der Waals surface area contributed by atoms with Gasteiger partial charge in [0, 0.05) is 6.72 Å². The molecule has 0 bridgehead atoms. The molecular formula is C18H25FN2. The Morgan fingerprint density at radius 3 is 2.33 bits per heavy atom. The highest BCUT2D eigenvalue weighted by Gasteiger charge is 2.10. The number of unbranched alkanes of at least 4 members (excludes halogenated alkanes) is 1. The molecular weight excluding hydrogens is 263 g/mol. The Bertz CT molecular complexity index is 523. The molecule has 0 spiro atoms. The summed E-state index contributed by atoms with van der Waals surface area (Å²) in [6, 6.07) is 6.29. The molecule has 0 fully saturated rings. The van der Waals surface area contributed by atoms with E-state index in [-0.39, 0.29) is 5.82 Å². The lowest BCUT2D eigenvalue weighted by Crippen LogP contribution is -2.15. The first-order valence-corrected chi connectivity index (χ1v) is 7.36. The molecule has 2 nitrogen and oxygen atoms in total. The van der Waals surface area contributed by atoms with E-state index >= 15 is 0 Å². The van der Waals surface area contributed by atoms with E-state index < -0.39 is 0 Å². The predicted octanol–water partition coefficient (Wildman–Crippen LogP) is 5.68. The molecule has 0 aliphatic carbocycles. The standard InChI is InChI=1S/C18H25FN2/c1-6-7-8-15(4)13-18(14(2)3)21(20-5)17-11-9-16(19)10-12-17/h9-13H,5-8H2,1-4H3/b15-13+. The van der Waals surface area contributed by atoms with Crippen LogP contribution in [0.4, 0.5) is 10.1 Å². The van der Waals surface area contributed by atoms with Crippen molar-refractivity contribution in [1.82, 2.24) is 0 Å². The predicted molar refractivity (Wildman–Crippen MR) is 90.1 cm³/mol. The zero-order valence-electron chi connectivity index (χ0n) is 13.5. The van der Waals surface area contributed by atoms with Crippen molar-refractivity contribution in [2.75, 3.05) is 5.01 Å². The molecule has 0 saturated carbocycles. The Labute approximate surface area is 127 Å². The van der Waals surface area contributed by atoms with Crippen molar-refractivity contribution >= 4 is 12.4 Å². The summed E-state index contributed by atoms with van der Waals surface area (Å²) in [6.07, 6.45) is 5.57. The maximum atomic E-state index is 13.1. The van der Waals surface area contributed by atoms with Crippen LogP contribution in [-0.4, -0.2) is 6.72 Å². The molecule has 1 rings (SSSR count). The summed E-state index contributed by atoms with van der Waals surface area (Å²) < 4.78 is 13.1. The summed E-state index contributed by atoms with van der Waals surface area (Å²) in [5.74, 6) is -0.254. The summed E-state index contributed by atoms with van der Waals surface area (Å²) in [7, 11) is 0. The quantitative estimate of drug-likeness (QED) is 0.358. The number of hydrogen-bond acceptors (Lipinski definition) is 2. The highest BCUT2D eigenvalue weighted by molar-refractivity contribution is 5.56. The molecule has 0 aliphatic heterocycles. The third kappa shape index (κ3) is 5.18. The molecule has 0 atom stereocenters. The van der Waals surface area contributed by atoms with Crippen molar-refractivity contribution in [1.29, 1.82) is 0 Å². The average Bonchev–Trinajstić information content (AvgIpc) is 2.46. The van der Waals surface area contributed by atoms with E-state index in [9.17, 15) is 4.39 Å². The summed E-state index contributed by atoms with van der Waals surface area (Å²) in [4.78, 5) is 0. The first-order valence-electron chi connectivity index (χ1n) is 7.36. The molecule has 21 heavy (non-hydrogen) atoms. The first kappa shape index (κ1) is 17.2. The normalized spacial score (nSPS) is 11.2. The zero-order valence-corrected chi connectivity index (χ0v) is 13.5. The average molecular weight is 288 g/mol. The SMILES string of the molecule is C=NN(C(/C=C(\C)CCCC)=C(C)C)c1ccc(F)cc1. The van der Waals surface area contributed by atoms with E-state index in [1.54, 1.807) is 17.1 Å². The molecule has 0 aliphatic rings.